The zero-order chi connectivity index (χ0) is 39.8. The van der Waals surface area contributed by atoms with Gasteiger partial charge in [-0.15, -0.1) is 0 Å². The fourth-order valence-electron chi connectivity index (χ4n) is 10.4. The highest BCUT2D eigenvalue weighted by Gasteiger charge is 2.28. The van der Waals surface area contributed by atoms with Gasteiger partial charge < -0.3 is 8.98 Å². The van der Waals surface area contributed by atoms with Crippen molar-refractivity contribution in [2.75, 3.05) is 0 Å². The molecule has 5 heteroatoms. The molecule has 5 nitrogen and oxygen atoms in total. The molecule has 0 unspecified atom stereocenters. The molecule has 14 rings (SSSR count). The van der Waals surface area contributed by atoms with Crippen molar-refractivity contribution in [3.8, 4) is 56.5 Å². The third-order valence-electron chi connectivity index (χ3n) is 13.1. The van der Waals surface area contributed by atoms with Crippen LogP contribution in [0.15, 0.2) is 174 Å². The van der Waals surface area contributed by atoms with Gasteiger partial charge in [0, 0.05) is 65.3 Å². The first kappa shape index (κ1) is 32.9. The Balaban J connectivity index is 0.911. The van der Waals surface area contributed by atoms with E-state index >= 15 is 0 Å². The van der Waals surface area contributed by atoms with Crippen molar-refractivity contribution in [1.82, 2.24) is 19.1 Å². The van der Waals surface area contributed by atoms with E-state index in [1.54, 1.807) is 0 Å². The number of benzene rings is 8. The second-order valence-electron chi connectivity index (χ2n) is 16.4. The minimum Gasteiger partial charge on any atom is -0.455 e. The summed E-state index contributed by atoms with van der Waals surface area (Å²) in [7, 11) is 0. The number of fused-ring (bicyclic) bond motifs is 12. The van der Waals surface area contributed by atoms with Gasteiger partial charge in [0.15, 0.2) is 0 Å². The van der Waals surface area contributed by atoms with Crippen LogP contribution in [0.1, 0.15) is 12.8 Å². The molecule has 0 N–H and O–H groups in total. The lowest BCUT2D eigenvalue weighted by atomic mass is 9.98. The average molecular weight is 779 g/mol. The van der Waals surface area contributed by atoms with Gasteiger partial charge in [-0.05, 0) is 89.5 Å². The smallest absolute Gasteiger partial charge is 0.235 e. The van der Waals surface area contributed by atoms with Crippen LogP contribution in [0.4, 0.5) is 0 Å². The molecule has 2 aliphatic rings. The topological polar surface area (TPSA) is 48.8 Å². The molecule has 0 amide bonds. The molecule has 0 saturated carbocycles. The monoisotopic (exact) mass is 778 g/mol. The van der Waals surface area contributed by atoms with E-state index in [0.717, 1.165) is 90.4 Å². The molecule has 0 radical (unpaired) electrons. The number of para-hydroxylation sites is 3. The van der Waals surface area contributed by atoms with Gasteiger partial charge in [-0.25, -0.2) is 9.97 Å². The summed E-state index contributed by atoms with van der Waals surface area (Å²) in [6, 6.07) is 61.0. The Labute approximate surface area is 349 Å². The van der Waals surface area contributed by atoms with Crippen molar-refractivity contribution >= 4 is 77.5 Å². The van der Waals surface area contributed by atoms with Crippen molar-refractivity contribution in [2.45, 2.75) is 12.8 Å². The van der Waals surface area contributed by atoms with Crippen LogP contribution < -0.4 is 10.6 Å². The Hall–Kier alpha value is -8.02. The van der Waals surface area contributed by atoms with Crippen molar-refractivity contribution in [2.24, 2.45) is 0 Å². The first-order valence-corrected chi connectivity index (χ1v) is 21.1. The molecule has 12 aromatic rings. The largest absolute Gasteiger partial charge is 0.455 e. The van der Waals surface area contributed by atoms with Crippen molar-refractivity contribution < 1.29 is 4.42 Å². The number of rotatable bonds is 4. The van der Waals surface area contributed by atoms with E-state index in [4.69, 9.17) is 14.4 Å². The second kappa shape index (κ2) is 12.3. The van der Waals surface area contributed by atoms with E-state index in [1.807, 2.05) is 0 Å². The van der Waals surface area contributed by atoms with Crippen LogP contribution in [0.3, 0.4) is 0 Å². The molecule has 0 bridgehead atoms. The van der Waals surface area contributed by atoms with E-state index in [0.29, 0.717) is 5.95 Å². The van der Waals surface area contributed by atoms with Gasteiger partial charge in [-0.3, -0.25) is 4.57 Å². The van der Waals surface area contributed by atoms with E-state index < -0.39 is 0 Å². The van der Waals surface area contributed by atoms with Crippen LogP contribution in [0, 0.1) is 0 Å². The lowest BCUT2D eigenvalue weighted by molar-refractivity contribution is 0.634. The molecule has 284 valence electrons. The van der Waals surface area contributed by atoms with Crippen LogP contribution in [0.25, 0.3) is 134 Å². The summed E-state index contributed by atoms with van der Waals surface area (Å²) in [5.41, 5.74) is 14.2. The SMILES string of the molecule is C1=c2c(n(-c3ccc(-c4nc(-n5c6ccccc6c6cc(-c7ccc8oc9c(c8c7)-c7cccc8cccc-9c78)ccc65)nc5ccccc45)cc3)c3ccccc23)=CCC1. The second-order valence-corrected chi connectivity index (χ2v) is 16.4. The lowest BCUT2D eigenvalue weighted by Gasteiger charge is -2.13. The van der Waals surface area contributed by atoms with Gasteiger partial charge in [0.25, 0.3) is 0 Å². The Morgan fingerprint density at radius 3 is 2.00 bits per heavy atom. The summed E-state index contributed by atoms with van der Waals surface area (Å²) in [4.78, 5) is 10.7. The molecule has 2 aliphatic carbocycles. The van der Waals surface area contributed by atoms with Gasteiger partial charge in [-0.2, -0.15) is 0 Å². The highest BCUT2D eigenvalue weighted by Crippen LogP contribution is 2.52. The van der Waals surface area contributed by atoms with Crippen molar-refractivity contribution in [3.05, 3.63) is 180 Å². The lowest BCUT2D eigenvalue weighted by Crippen LogP contribution is -2.30. The number of hydrogen-bond donors (Lipinski definition) is 0. The van der Waals surface area contributed by atoms with Gasteiger partial charge >= 0.3 is 0 Å². The standard InChI is InChI=1S/C56H34N4O/c1-5-19-46-41(16-1)54(34-23-27-37(28-24-34)59-47-20-6-2-13-38(47)39-14-3-7-21-48(39)59)58-56(57-46)60-49-22-8-4-15-40(49)44-31-35(25-29-50(44)60)36-26-30-51-45(32-36)53-42-17-9-11-33-12-10-18-43(52(33)42)55(53)61-51/h1-2,4-6,8-32H,3,7H2. The number of nitrogens with zero attached hydrogens (tertiary/aromatic N) is 4. The quantitative estimate of drug-likeness (QED) is 0.179. The van der Waals surface area contributed by atoms with Gasteiger partial charge in [0.1, 0.15) is 11.3 Å². The van der Waals surface area contributed by atoms with Gasteiger partial charge in [-0.1, -0.05) is 127 Å². The fourth-order valence-corrected chi connectivity index (χ4v) is 10.4. The molecule has 0 aliphatic heterocycles. The fraction of sp³-hybridized carbons (Fsp3) is 0.0357. The van der Waals surface area contributed by atoms with Crippen LogP contribution in [0.5, 0.6) is 0 Å². The maximum Gasteiger partial charge on any atom is 0.235 e. The molecule has 0 spiro atoms. The van der Waals surface area contributed by atoms with E-state index in [1.165, 1.54) is 48.9 Å². The molecule has 61 heavy (non-hydrogen) atoms. The van der Waals surface area contributed by atoms with Crippen molar-refractivity contribution in [3.63, 3.8) is 0 Å². The Kier molecular flexibility index (Phi) is 6.61. The first-order chi connectivity index (χ1) is 30.2. The number of hydrogen-bond acceptors (Lipinski definition) is 3. The highest BCUT2D eigenvalue weighted by atomic mass is 16.3. The molecule has 4 aromatic heterocycles. The first-order valence-electron chi connectivity index (χ1n) is 21.1. The zero-order valence-corrected chi connectivity index (χ0v) is 32.9. The van der Waals surface area contributed by atoms with Gasteiger partial charge in [0.2, 0.25) is 5.95 Å². The average Bonchev–Trinajstić information content (AvgIpc) is 4.06. The normalized spacial score (nSPS) is 13.0. The molecular formula is C56H34N4O. The minimum absolute atomic E-state index is 0.649. The van der Waals surface area contributed by atoms with E-state index in [9.17, 15) is 0 Å². The van der Waals surface area contributed by atoms with Crippen molar-refractivity contribution in [1.29, 1.82) is 0 Å². The molecule has 4 heterocycles. The maximum absolute atomic E-state index is 6.56. The molecule has 0 saturated heterocycles. The number of furan rings is 1. The minimum atomic E-state index is 0.649. The summed E-state index contributed by atoms with van der Waals surface area (Å²) in [6.07, 6.45) is 6.90. The van der Waals surface area contributed by atoms with Crippen LogP contribution in [-0.4, -0.2) is 19.1 Å². The highest BCUT2D eigenvalue weighted by molar-refractivity contribution is 6.20. The van der Waals surface area contributed by atoms with E-state index in [2.05, 4.69) is 191 Å². The molecule has 8 aromatic carbocycles. The third kappa shape index (κ3) is 4.60. The summed E-state index contributed by atoms with van der Waals surface area (Å²) in [5, 5.41) is 10.9. The Morgan fingerprint density at radius 1 is 0.475 bits per heavy atom. The van der Waals surface area contributed by atoms with Gasteiger partial charge in [0.05, 0.1) is 27.8 Å². The molecule has 0 atom stereocenters. The van der Waals surface area contributed by atoms with Crippen LogP contribution in [-0.2, 0) is 0 Å². The Bertz CT molecular complexity index is 3990. The molecule has 0 fully saturated rings. The summed E-state index contributed by atoms with van der Waals surface area (Å²) < 4.78 is 11.2. The third-order valence-corrected chi connectivity index (χ3v) is 13.1. The van der Waals surface area contributed by atoms with Crippen LogP contribution >= 0.6 is 0 Å². The summed E-state index contributed by atoms with van der Waals surface area (Å²) >= 11 is 0. The zero-order valence-electron chi connectivity index (χ0n) is 32.9. The van der Waals surface area contributed by atoms with Crippen LogP contribution in [0.2, 0.25) is 0 Å². The predicted octanol–water partition coefficient (Wildman–Crippen LogP) is 12.9. The summed E-state index contributed by atoms with van der Waals surface area (Å²) in [6.45, 7) is 0. The number of aromatic nitrogens is 4. The summed E-state index contributed by atoms with van der Waals surface area (Å²) in [5.74, 6) is 1.62. The Morgan fingerprint density at radius 2 is 1.15 bits per heavy atom. The van der Waals surface area contributed by atoms with E-state index in [-0.39, 0.29) is 0 Å². The maximum atomic E-state index is 6.56. The predicted molar refractivity (Wildman–Crippen MR) is 251 cm³/mol. The molecular weight excluding hydrogens is 745 g/mol.